The van der Waals surface area contributed by atoms with Gasteiger partial charge in [-0.1, -0.05) is 32.0 Å². The molecule has 140 valence electrons. The molecule has 0 spiro atoms. The molecule has 3 aliphatic rings. The van der Waals surface area contributed by atoms with E-state index in [9.17, 15) is 14.7 Å². The highest BCUT2D eigenvalue weighted by atomic mass is 16.4. The molecule has 2 fully saturated rings. The zero-order chi connectivity index (χ0) is 18.5. The highest BCUT2D eigenvalue weighted by Crippen LogP contribution is 2.59. The first kappa shape index (κ1) is 17.8. The zero-order valence-electron chi connectivity index (χ0n) is 16.0. The van der Waals surface area contributed by atoms with Crippen LogP contribution >= 0.6 is 0 Å². The van der Waals surface area contributed by atoms with Crippen molar-refractivity contribution >= 4 is 11.8 Å². The molecule has 0 saturated heterocycles. The Labute approximate surface area is 156 Å². The molecule has 0 heterocycles. The van der Waals surface area contributed by atoms with Crippen LogP contribution in [0.25, 0.3) is 0 Å². The van der Waals surface area contributed by atoms with E-state index in [0.29, 0.717) is 36.4 Å². The highest BCUT2D eigenvalue weighted by Gasteiger charge is 2.54. The smallest absolute Gasteiger partial charge is 0.306 e. The van der Waals surface area contributed by atoms with Gasteiger partial charge in [-0.15, -0.1) is 0 Å². The van der Waals surface area contributed by atoms with E-state index in [4.69, 9.17) is 0 Å². The van der Waals surface area contributed by atoms with Crippen LogP contribution in [0.2, 0.25) is 0 Å². The molecule has 4 rings (SSSR count). The molecule has 0 radical (unpaired) electrons. The lowest BCUT2D eigenvalue weighted by molar-refractivity contribution is -0.141. The molecular weight excluding hydrogens is 324 g/mol. The van der Waals surface area contributed by atoms with E-state index in [2.05, 4.69) is 25.1 Å². The fourth-order valence-electron chi connectivity index (χ4n) is 6.22. The number of aliphatic carboxylic acids is 1. The van der Waals surface area contributed by atoms with Gasteiger partial charge in [0, 0.05) is 11.8 Å². The van der Waals surface area contributed by atoms with Gasteiger partial charge < -0.3 is 5.11 Å². The zero-order valence-corrected chi connectivity index (χ0v) is 16.0. The van der Waals surface area contributed by atoms with Gasteiger partial charge in [0.05, 0.1) is 5.92 Å². The average Bonchev–Trinajstić information content (AvgIpc) is 2.94. The fourth-order valence-corrected chi connectivity index (χ4v) is 6.22. The van der Waals surface area contributed by atoms with E-state index in [-0.39, 0.29) is 11.3 Å². The molecule has 2 saturated carbocycles. The summed E-state index contributed by atoms with van der Waals surface area (Å²) in [4.78, 5) is 23.8. The third kappa shape index (κ3) is 2.71. The number of carbonyl (C=O) groups is 2. The summed E-state index contributed by atoms with van der Waals surface area (Å²) in [7, 11) is 0. The van der Waals surface area contributed by atoms with Gasteiger partial charge in [0.15, 0.2) is 0 Å². The quantitative estimate of drug-likeness (QED) is 0.848. The molecule has 0 aromatic heterocycles. The number of fused-ring (bicyclic) bond motifs is 5. The Morgan fingerprint density at radius 2 is 2.08 bits per heavy atom. The number of carboxylic acids is 1. The van der Waals surface area contributed by atoms with Crippen molar-refractivity contribution in [3.63, 3.8) is 0 Å². The Kier molecular flexibility index (Phi) is 4.45. The second kappa shape index (κ2) is 6.51. The summed E-state index contributed by atoms with van der Waals surface area (Å²) in [6.45, 7) is 4.17. The predicted molar refractivity (Wildman–Crippen MR) is 101 cm³/mol. The number of carboxylic acid groups (broad SMARTS) is 1. The normalized spacial score (nSPS) is 33.9. The third-order valence-electron chi connectivity index (χ3n) is 7.82. The van der Waals surface area contributed by atoms with Gasteiger partial charge in [0.2, 0.25) is 0 Å². The van der Waals surface area contributed by atoms with Crippen LogP contribution in [0, 0.1) is 23.2 Å². The molecule has 1 aromatic carbocycles. The van der Waals surface area contributed by atoms with E-state index in [0.717, 1.165) is 37.7 Å². The molecule has 1 unspecified atom stereocenters. The summed E-state index contributed by atoms with van der Waals surface area (Å²) in [6, 6.07) is 6.70. The van der Waals surface area contributed by atoms with E-state index >= 15 is 0 Å². The minimum absolute atomic E-state index is 0.0611. The van der Waals surface area contributed by atoms with Crippen molar-refractivity contribution in [2.75, 3.05) is 0 Å². The van der Waals surface area contributed by atoms with E-state index in [1.165, 1.54) is 17.5 Å². The second-order valence-corrected chi connectivity index (χ2v) is 9.01. The largest absolute Gasteiger partial charge is 0.481 e. The van der Waals surface area contributed by atoms with Crippen molar-refractivity contribution in [3.05, 3.63) is 34.9 Å². The molecule has 3 nitrogen and oxygen atoms in total. The van der Waals surface area contributed by atoms with Crippen molar-refractivity contribution in [2.45, 2.75) is 71.1 Å². The van der Waals surface area contributed by atoms with E-state index in [1.54, 1.807) is 0 Å². The number of hydrogen-bond acceptors (Lipinski definition) is 2. The first-order valence-electron chi connectivity index (χ1n) is 10.3. The monoisotopic (exact) mass is 354 g/mol. The molecule has 3 aliphatic carbocycles. The summed E-state index contributed by atoms with van der Waals surface area (Å²) >= 11 is 0. The van der Waals surface area contributed by atoms with Crippen LogP contribution < -0.4 is 0 Å². The van der Waals surface area contributed by atoms with Gasteiger partial charge in [-0.25, -0.2) is 0 Å². The molecule has 5 atom stereocenters. The standard InChI is InChI=1S/C23H30O3/c1-3-15(22(25)26)12-14-4-6-17-16(13-14)5-7-19-18(17)10-11-23(2)20(19)8-9-21(23)24/h4,6,13,15,18-20H,3,5,7-12H2,1-2H3,(H,25,26)/t15?,18-,19-,20+,23+/m1/s1. The lowest BCUT2D eigenvalue weighted by Crippen LogP contribution is -2.42. The van der Waals surface area contributed by atoms with E-state index < -0.39 is 5.97 Å². The van der Waals surface area contributed by atoms with Crippen LogP contribution in [-0.2, 0) is 22.4 Å². The fraction of sp³-hybridized carbons (Fsp3) is 0.652. The molecule has 3 heteroatoms. The number of benzene rings is 1. The van der Waals surface area contributed by atoms with Gasteiger partial charge in [-0.05, 0) is 79.4 Å². The molecule has 1 aromatic rings. The maximum absolute atomic E-state index is 12.4. The van der Waals surface area contributed by atoms with Crippen LogP contribution in [0.1, 0.15) is 75.0 Å². The lowest BCUT2D eigenvalue weighted by atomic mass is 9.55. The Bertz CT molecular complexity index is 737. The highest BCUT2D eigenvalue weighted by molar-refractivity contribution is 5.87. The molecule has 0 aliphatic heterocycles. The van der Waals surface area contributed by atoms with Gasteiger partial charge in [0.1, 0.15) is 5.78 Å². The predicted octanol–water partition coefficient (Wildman–Crippen LogP) is 4.77. The summed E-state index contributed by atoms with van der Waals surface area (Å²) in [5.41, 5.74) is 4.01. The van der Waals surface area contributed by atoms with Crippen molar-refractivity contribution in [1.82, 2.24) is 0 Å². The summed E-state index contributed by atoms with van der Waals surface area (Å²) in [5, 5.41) is 9.33. The van der Waals surface area contributed by atoms with Crippen LogP contribution in [0.15, 0.2) is 18.2 Å². The number of hydrogen-bond donors (Lipinski definition) is 1. The van der Waals surface area contributed by atoms with Crippen LogP contribution in [0.3, 0.4) is 0 Å². The van der Waals surface area contributed by atoms with Crippen molar-refractivity contribution in [3.8, 4) is 0 Å². The topological polar surface area (TPSA) is 54.4 Å². The number of rotatable bonds is 4. The molecule has 26 heavy (non-hydrogen) atoms. The summed E-state index contributed by atoms with van der Waals surface area (Å²) in [5.74, 6) is 1.34. The van der Waals surface area contributed by atoms with Crippen LogP contribution in [0.5, 0.6) is 0 Å². The van der Waals surface area contributed by atoms with Crippen LogP contribution in [-0.4, -0.2) is 16.9 Å². The summed E-state index contributed by atoms with van der Waals surface area (Å²) < 4.78 is 0. The minimum Gasteiger partial charge on any atom is -0.481 e. The second-order valence-electron chi connectivity index (χ2n) is 9.01. The average molecular weight is 354 g/mol. The molecule has 0 bridgehead atoms. The van der Waals surface area contributed by atoms with Crippen molar-refractivity contribution < 1.29 is 14.7 Å². The van der Waals surface area contributed by atoms with Crippen LogP contribution in [0.4, 0.5) is 0 Å². The number of Topliss-reactive ketones (excluding diaryl/α,β-unsaturated/α-hetero) is 1. The molecular formula is C23H30O3. The van der Waals surface area contributed by atoms with Crippen molar-refractivity contribution in [2.24, 2.45) is 23.2 Å². The summed E-state index contributed by atoms with van der Waals surface area (Å²) in [6.07, 6.45) is 7.59. The Balaban J connectivity index is 1.58. The number of aryl methyl sites for hydroxylation is 1. The van der Waals surface area contributed by atoms with Gasteiger partial charge in [-0.3, -0.25) is 9.59 Å². The lowest BCUT2D eigenvalue weighted by Gasteiger charge is -2.48. The SMILES string of the molecule is CCC(Cc1ccc2c(c1)CC[C@@H]1[C@@H]2CC[C@]2(C)C(=O)CC[C@@H]12)C(=O)O. The molecule has 1 N–H and O–H groups in total. The maximum Gasteiger partial charge on any atom is 0.306 e. The molecule has 0 amide bonds. The van der Waals surface area contributed by atoms with Gasteiger partial charge in [0.25, 0.3) is 0 Å². The first-order valence-corrected chi connectivity index (χ1v) is 10.3. The van der Waals surface area contributed by atoms with Crippen molar-refractivity contribution in [1.29, 1.82) is 0 Å². The maximum atomic E-state index is 12.4. The minimum atomic E-state index is -0.692. The number of carbonyl (C=O) groups excluding carboxylic acids is 1. The number of ketones is 1. The first-order chi connectivity index (χ1) is 12.4. The Morgan fingerprint density at radius 1 is 1.27 bits per heavy atom. The Hall–Kier alpha value is -1.64. The van der Waals surface area contributed by atoms with E-state index in [1.807, 2.05) is 6.92 Å². The van der Waals surface area contributed by atoms with Gasteiger partial charge >= 0.3 is 5.97 Å². The Morgan fingerprint density at radius 3 is 2.81 bits per heavy atom. The third-order valence-corrected chi connectivity index (χ3v) is 7.82. The van der Waals surface area contributed by atoms with Gasteiger partial charge in [-0.2, -0.15) is 0 Å².